The number of amides is 2. The third kappa shape index (κ3) is 6.65. The predicted molar refractivity (Wildman–Crippen MR) is 140 cm³/mol. The van der Waals surface area contributed by atoms with Gasteiger partial charge in [-0.1, -0.05) is 45.0 Å². The standard InChI is InChI=1S/C25H31N3O6S2/c1-5-34-23(31)18-8-6-7-9-19(18)27-21(29)15-35-24-26-14-20(22(30)28-24)36(32,33)17-12-10-16(11-13-17)25(2,3)4/h6-13,20,24,26H,5,14-15H2,1-4H3,(H,27,29)(H,28,30). The van der Waals surface area contributed by atoms with Crippen molar-refractivity contribution in [1.29, 1.82) is 0 Å². The van der Waals surface area contributed by atoms with Crippen LogP contribution in [0.25, 0.3) is 0 Å². The van der Waals surface area contributed by atoms with Crippen molar-refractivity contribution in [3.63, 3.8) is 0 Å². The summed E-state index contributed by atoms with van der Waals surface area (Å²) in [6.45, 7) is 7.92. The van der Waals surface area contributed by atoms with Gasteiger partial charge in [0.1, 0.15) is 5.50 Å². The maximum absolute atomic E-state index is 13.1. The summed E-state index contributed by atoms with van der Waals surface area (Å²) in [6.07, 6.45) is 0. The van der Waals surface area contributed by atoms with Crippen molar-refractivity contribution in [2.24, 2.45) is 0 Å². The third-order valence-electron chi connectivity index (χ3n) is 5.56. The van der Waals surface area contributed by atoms with E-state index in [1.807, 2.05) is 20.8 Å². The Bertz CT molecular complexity index is 1220. The average molecular weight is 534 g/mol. The molecule has 3 rings (SSSR count). The van der Waals surface area contributed by atoms with Gasteiger partial charge in [-0.05, 0) is 42.2 Å². The molecular weight excluding hydrogens is 502 g/mol. The zero-order chi connectivity index (χ0) is 26.5. The van der Waals surface area contributed by atoms with E-state index >= 15 is 0 Å². The molecule has 2 amide bonds. The molecule has 194 valence electrons. The van der Waals surface area contributed by atoms with Crippen molar-refractivity contribution in [2.45, 2.75) is 48.8 Å². The number of para-hydroxylation sites is 1. The van der Waals surface area contributed by atoms with Crippen LogP contribution in [0.4, 0.5) is 5.69 Å². The summed E-state index contributed by atoms with van der Waals surface area (Å²) in [5, 5.41) is 6.99. The van der Waals surface area contributed by atoms with E-state index in [1.54, 1.807) is 43.3 Å². The minimum absolute atomic E-state index is 0.0409. The number of esters is 1. The van der Waals surface area contributed by atoms with Gasteiger partial charge in [-0.2, -0.15) is 0 Å². The number of sulfone groups is 1. The molecule has 0 aliphatic carbocycles. The lowest BCUT2D eigenvalue weighted by molar-refractivity contribution is -0.122. The summed E-state index contributed by atoms with van der Waals surface area (Å²) in [5.41, 5.74) is 0.797. The van der Waals surface area contributed by atoms with E-state index < -0.39 is 32.5 Å². The van der Waals surface area contributed by atoms with E-state index in [-0.39, 0.29) is 40.7 Å². The van der Waals surface area contributed by atoms with Crippen LogP contribution < -0.4 is 16.0 Å². The van der Waals surface area contributed by atoms with Gasteiger partial charge in [-0.15, -0.1) is 11.8 Å². The second kappa shape index (κ2) is 11.4. The predicted octanol–water partition coefficient (Wildman–Crippen LogP) is 2.68. The lowest BCUT2D eigenvalue weighted by Crippen LogP contribution is -2.59. The first-order chi connectivity index (χ1) is 16.9. The van der Waals surface area contributed by atoms with Crippen LogP contribution >= 0.6 is 11.8 Å². The number of hydrogen-bond acceptors (Lipinski definition) is 8. The van der Waals surface area contributed by atoms with Crippen LogP contribution in [0.2, 0.25) is 0 Å². The van der Waals surface area contributed by atoms with Crippen LogP contribution in [0, 0.1) is 0 Å². The highest BCUT2D eigenvalue weighted by molar-refractivity contribution is 8.00. The molecule has 1 aliphatic rings. The molecule has 2 aromatic rings. The van der Waals surface area contributed by atoms with Gasteiger partial charge >= 0.3 is 5.97 Å². The molecule has 1 fully saturated rings. The van der Waals surface area contributed by atoms with Gasteiger partial charge in [0.05, 0.1) is 28.5 Å². The lowest BCUT2D eigenvalue weighted by Gasteiger charge is -2.29. The lowest BCUT2D eigenvalue weighted by atomic mass is 9.87. The fraction of sp³-hybridized carbons (Fsp3) is 0.400. The Hall–Kier alpha value is -2.89. The fourth-order valence-corrected chi connectivity index (χ4v) is 5.88. The topological polar surface area (TPSA) is 131 Å². The summed E-state index contributed by atoms with van der Waals surface area (Å²) in [6, 6.07) is 13.1. The Balaban J connectivity index is 1.57. The van der Waals surface area contributed by atoms with Crippen molar-refractivity contribution >= 4 is 45.1 Å². The Kier molecular flexibility index (Phi) is 8.80. The van der Waals surface area contributed by atoms with Crippen LogP contribution in [-0.2, 0) is 29.6 Å². The van der Waals surface area contributed by atoms with E-state index in [0.29, 0.717) is 5.69 Å². The van der Waals surface area contributed by atoms with Gasteiger partial charge in [0.2, 0.25) is 11.8 Å². The minimum Gasteiger partial charge on any atom is -0.462 e. The van der Waals surface area contributed by atoms with E-state index in [4.69, 9.17) is 4.74 Å². The van der Waals surface area contributed by atoms with Crippen LogP contribution in [0.1, 0.15) is 43.6 Å². The smallest absolute Gasteiger partial charge is 0.340 e. The van der Waals surface area contributed by atoms with Crippen LogP contribution in [-0.4, -0.2) is 55.9 Å². The normalized spacial score (nSPS) is 18.3. The zero-order valence-corrected chi connectivity index (χ0v) is 22.3. The van der Waals surface area contributed by atoms with E-state index in [2.05, 4.69) is 16.0 Å². The number of thioether (sulfide) groups is 1. The SMILES string of the molecule is CCOC(=O)c1ccccc1NC(=O)CSC1NCC(S(=O)(=O)c2ccc(C(C)(C)C)cc2)C(=O)N1. The molecule has 0 aromatic heterocycles. The number of rotatable bonds is 8. The zero-order valence-electron chi connectivity index (χ0n) is 20.7. The van der Waals surface area contributed by atoms with Gasteiger partial charge in [0.15, 0.2) is 15.1 Å². The first kappa shape index (κ1) is 27.7. The van der Waals surface area contributed by atoms with Gasteiger partial charge < -0.3 is 15.4 Å². The van der Waals surface area contributed by atoms with Gasteiger partial charge in [-0.25, -0.2) is 13.2 Å². The molecule has 1 aliphatic heterocycles. The Morgan fingerprint density at radius 2 is 1.78 bits per heavy atom. The Labute approximate surface area is 215 Å². The molecule has 0 saturated carbocycles. The summed E-state index contributed by atoms with van der Waals surface area (Å²) in [7, 11) is -3.89. The third-order valence-corrected chi connectivity index (χ3v) is 8.66. The highest BCUT2D eigenvalue weighted by Crippen LogP contribution is 2.26. The van der Waals surface area contributed by atoms with Crippen molar-refractivity contribution < 1.29 is 27.5 Å². The summed E-state index contributed by atoms with van der Waals surface area (Å²) < 4.78 is 31.1. The van der Waals surface area contributed by atoms with Crippen LogP contribution in [0.3, 0.4) is 0 Å². The molecule has 2 aromatic carbocycles. The molecule has 0 radical (unpaired) electrons. The van der Waals surface area contributed by atoms with Crippen molar-refractivity contribution in [3.05, 3.63) is 59.7 Å². The molecule has 9 nitrogen and oxygen atoms in total. The number of benzene rings is 2. The van der Waals surface area contributed by atoms with Crippen LogP contribution in [0.15, 0.2) is 53.4 Å². The molecule has 36 heavy (non-hydrogen) atoms. The monoisotopic (exact) mass is 533 g/mol. The molecule has 2 unspecified atom stereocenters. The number of carbonyl (C=O) groups excluding carboxylic acids is 3. The number of carbonyl (C=O) groups is 3. The second-order valence-electron chi connectivity index (χ2n) is 9.23. The van der Waals surface area contributed by atoms with Crippen LogP contribution in [0.5, 0.6) is 0 Å². The molecule has 3 N–H and O–H groups in total. The molecule has 2 atom stereocenters. The Morgan fingerprint density at radius 3 is 2.39 bits per heavy atom. The maximum Gasteiger partial charge on any atom is 0.340 e. The maximum atomic E-state index is 13.1. The highest BCUT2D eigenvalue weighted by atomic mass is 32.2. The van der Waals surface area contributed by atoms with Crippen molar-refractivity contribution in [2.75, 3.05) is 24.2 Å². The first-order valence-corrected chi connectivity index (χ1v) is 14.1. The van der Waals surface area contributed by atoms with E-state index in [9.17, 15) is 22.8 Å². The molecule has 1 heterocycles. The second-order valence-corrected chi connectivity index (χ2v) is 12.5. The summed E-state index contributed by atoms with van der Waals surface area (Å²) >= 11 is 1.10. The van der Waals surface area contributed by atoms with Gasteiger partial charge in [0.25, 0.3) is 0 Å². The number of hydrogen-bond donors (Lipinski definition) is 3. The minimum atomic E-state index is -3.89. The molecular formula is C25H31N3O6S2. The van der Waals surface area contributed by atoms with E-state index in [1.165, 1.54) is 12.1 Å². The quantitative estimate of drug-likeness (QED) is 0.442. The van der Waals surface area contributed by atoms with Crippen molar-refractivity contribution in [1.82, 2.24) is 10.6 Å². The molecule has 11 heteroatoms. The first-order valence-electron chi connectivity index (χ1n) is 11.5. The van der Waals surface area contributed by atoms with E-state index in [0.717, 1.165) is 17.3 Å². The number of anilines is 1. The Morgan fingerprint density at radius 1 is 1.11 bits per heavy atom. The average Bonchev–Trinajstić information content (AvgIpc) is 2.82. The summed E-state index contributed by atoms with van der Waals surface area (Å²) in [5.74, 6) is -1.59. The largest absolute Gasteiger partial charge is 0.462 e. The molecule has 1 saturated heterocycles. The highest BCUT2D eigenvalue weighted by Gasteiger charge is 2.38. The fourth-order valence-electron chi connectivity index (χ4n) is 3.56. The summed E-state index contributed by atoms with van der Waals surface area (Å²) in [4.78, 5) is 37.3. The number of ether oxygens (including phenoxy) is 1. The molecule has 0 spiro atoms. The van der Waals surface area contributed by atoms with Crippen molar-refractivity contribution in [3.8, 4) is 0 Å². The number of nitrogens with one attached hydrogen (secondary N) is 3. The van der Waals surface area contributed by atoms with Gasteiger partial charge in [-0.3, -0.25) is 14.9 Å². The molecule has 0 bridgehead atoms. The van der Waals surface area contributed by atoms with Gasteiger partial charge in [0, 0.05) is 6.54 Å².